The Hall–Kier alpha value is -6.30. The van der Waals surface area contributed by atoms with Gasteiger partial charge in [0.05, 0.1) is 33.2 Å². The Morgan fingerprint density at radius 3 is 2.00 bits per heavy atom. The van der Waals surface area contributed by atoms with E-state index < -0.39 is 0 Å². The number of aromatic nitrogens is 1. The Morgan fingerprint density at radius 2 is 1.19 bits per heavy atom. The molecule has 9 aromatic rings. The molecule has 3 heterocycles. The van der Waals surface area contributed by atoms with Gasteiger partial charge in [-0.2, -0.15) is 10.5 Å². The van der Waals surface area contributed by atoms with Crippen molar-refractivity contribution in [1.82, 2.24) is 4.57 Å². The highest BCUT2D eigenvalue weighted by molar-refractivity contribution is 6.24. The molecule has 9 rings (SSSR count). The molecule has 3 aromatic heterocycles. The topological polar surface area (TPSA) is 78.8 Å². The van der Waals surface area contributed by atoms with Gasteiger partial charge in [0.25, 0.3) is 0 Å². The highest BCUT2D eigenvalue weighted by Crippen LogP contribution is 2.42. The minimum Gasteiger partial charge on any atom is -0.456 e. The van der Waals surface area contributed by atoms with Crippen molar-refractivity contribution in [3.63, 3.8) is 0 Å². The number of nitriles is 2. The van der Waals surface area contributed by atoms with Crippen molar-refractivity contribution >= 4 is 65.7 Å². The zero-order valence-electron chi connectivity index (χ0n) is 22.6. The van der Waals surface area contributed by atoms with Crippen LogP contribution in [0.1, 0.15) is 11.1 Å². The van der Waals surface area contributed by atoms with E-state index in [1.165, 1.54) is 0 Å². The van der Waals surface area contributed by atoms with Crippen LogP contribution in [0.2, 0.25) is 0 Å². The summed E-state index contributed by atoms with van der Waals surface area (Å²) >= 11 is 0. The summed E-state index contributed by atoms with van der Waals surface area (Å²) in [5, 5.41) is 26.1. The number of para-hydroxylation sites is 2. The number of nitrogens with zero attached hydrogens (tertiary/aromatic N) is 3. The molecule has 0 spiro atoms. The van der Waals surface area contributed by atoms with Crippen molar-refractivity contribution < 1.29 is 8.83 Å². The molecule has 0 bridgehead atoms. The smallest absolute Gasteiger partial charge is 0.145 e. The largest absolute Gasteiger partial charge is 0.456 e. The zero-order valence-corrected chi connectivity index (χ0v) is 22.6. The highest BCUT2D eigenvalue weighted by atomic mass is 16.3. The summed E-state index contributed by atoms with van der Waals surface area (Å²) in [6.07, 6.45) is 0. The van der Waals surface area contributed by atoms with Crippen molar-refractivity contribution in [3.05, 3.63) is 126 Å². The second-order valence-corrected chi connectivity index (χ2v) is 10.7. The van der Waals surface area contributed by atoms with Gasteiger partial charge in [-0.05, 0) is 71.8 Å². The third-order valence-electron chi connectivity index (χ3n) is 8.50. The molecule has 0 amide bonds. The Morgan fingerprint density at radius 1 is 0.512 bits per heavy atom. The fourth-order valence-corrected chi connectivity index (χ4v) is 6.57. The number of fused-ring (bicyclic) bond motifs is 10. The number of rotatable bonds is 2. The molecular weight excluding hydrogens is 530 g/mol. The standard InChI is InChI=1S/C38H19N3O2/c39-20-24-6-5-9-31(30(24)21-40)41-32-16-13-22(23-12-14-27-25-7-1-3-10-34(25)42-36(27)19-23)18-29(32)37-33(41)17-15-28-26-8-2-4-11-35(26)43-38(28)37/h1-19H. The second kappa shape index (κ2) is 8.60. The first-order valence-electron chi connectivity index (χ1n) is 14.0. The summed E-state index contributed by atoms with van der Waals surface area (Å²) in [5.74, 6) is 0. The molecular formula is C38H19N3O2. The lowest BCUT2D eigenvalue weighted by Gasteiger charge is -2.11. The van der Waals surface area contributed by atoms with Gasteiger partial charge in [0, 0.05) is 26.9 Å². The molecule has 0 aliphatic rings. The minimum absolute atomic E-state index is 0.341. The van der Waals surface area contributed by atoms with Gasteiger partial charge < -0.3 is 13.4 Å². The van der Waals surface area contributed by atoms with Gasteiger partial charge in [0.2, 0.25) is 0 Å². The summed E-state index contributed by atoms with van der Waals surface area (Å²) < 4.78 is 14.8. The van der Waals surface area contributed by atoms with Crippen molar-refractivity contribution in [2.24, 2.45) is 0 Å². The first-order chi connectivity index (χ1) is 21.2. The van der Waals surface area contributed by atoms with E-state index in [-0.39, 0.29) is 0 Å². The SMILES string of the molecule is N#Cc1cccc(-n2c3ccc(-c4ccc5c(c4)oc4ccccc45)cc3c3c4oc5ccccc5c4ccc32)c1C#N. The summed E-state index contributed by atoms with van der Waals surface area (Å²) in [7, 11) is 0. The van der Waals surface area contributed by atoms with Crippen LogP contribution < -0.4 is 0 Å². The van der Waals surface area contributed by atoms with Gasteiger partial charge in [0.15, 0.2) is 0 Å². The molecule has 0 aliphatic carbocycles. The fraction of sp³-hybridized carbons (Fsp3) is 0. The maximum Gasteiger partial charge on any atom is 0.145 e. The van der Waals surface area contributed by atoms with E-state index in [9.17, 15) is 10.5 Å². The molecule has 0 N–H and O–H groups in total. The lowest BCUT2D eigenvalue weighted by Crippen LogP contribution is -1.99. The normalized spacial score (nSPS) is 11.7. The molecule has 6 aromatic carbocycles. The minimum atomic E-state index is 0.341. The monoisotopic (exact) mass is 549 g/mol. The molecule has 0 saturated heterocycles. The Balaban J connectivity index is 1.39. The van der Waals surface area contributed by atoms with Crippen LogP contribution in [0.4, 0.5) is 0 Å². The fourth-order valence-electron chi connectivity index (χ4n) is 6.57. The van der Waals surface area contributed by atoms with Crippen LogP contribution in [0.5, 0.6) is 0 Å². The number of hydrogen-bond donors (Lipinski definition) is 0. The van der Waals surface area contributed by atoms with Crippen molar-refractivity contribution in [2.45, 2.75) is 0 Å². The van der Waals surface area contributed by atoms with Crippen LogP contribution in [-0.4, -0.2) is 4.57 Å². The average Bonchev–Trinajstić information content (AvgIpc) is 3.72. The molecule has 0 unspecified atom stereocenters. The molecule has 0 fully saturated rings. The van der Waals surface area contributed by atoms with E-state index in [4.69, 9.17) is 8.83 Å². The predicted octanol–water partition coefficient (Wildman–Crippen LogP) is 9.99. The predicted molar refractivity (Wildman–Crippen MR) is 170 cm³/mol. The second-order valence-electron chi connectivity index (χ2n) is 10.7. The third-order valence-corrected chi connectivity index (χ3v) is 8.50. The van der Waals surface area contributed by atoms with Crippen molar-refractivity contribution in [3.8, 4) is 29.0 Å². The van der Waals surface area contributed by atoms with Crippen LogP contribution in [-0.2, 0) is 0 Å². The number of furan rings is 2. The van der Waals surface area contributed by atoms with Crippen molar-refractivity contribution in [1.29, 1.82) is 10.5 Å². The third kappa shape index (κ3) is 3.19. The molecule has 0 radical (unpaired) electrons. The Bertz CT molecular complexity index is 2710. The first-order valence-corrected chi connectivity index (χ1v) is 14.0. The molecule has 5 nitrogen and oxygen atoms in total. The van der Waals surface area contributed by atoms with Gasteiger partial charge in [-0.3, -0.25) is 0 Å². The number of hydrogen-bond acceptors (Lipinski definition) is 4. The van der Waals surface area contributed by atoms with Crippen molar-refractivity contribution in [2.75, 3.05) is 0 Å². The van der Waals surface area contributed by atoms with E-state index >= 15 is 0 Å². The zero-order chi connectivity index (χ0) is 28.7. The van der Waals surface area contributed by atoms with E-state index in [1.54, 1.807) is 6.07 Å². The van der Waals surface area contributed by atoms with Crippen LogP contribution in [0.25, 0.3) is 82.5 Å². The van der Waals surface area contributed by atoms with Gasteiger partial charge in [-0.25, -0.2) is 0 Å². The van der Waals surface area contributed by atoms with Crippen LogP contribution in [0.15, 0.2) is 124 Å². The highest BCUT2D eigenvalue weighted by Gasteiger charge is 2.21. The molecule has 0 aliphatic heterocycles. The van der Waals surface area contributed by atoms with Crippen LogP contribution >= 0.6 is 0 Å². The van der Waals surface area contributed by atoms with Gasteiger partial charge in [-0.1, -0.05) is 54.6 Å². The summed E-state index contributed by atoms with van der Waals surface area (Å²) in [5.41, 5.74) is 8.56. The molecule has 0 saturated carbocycles. The van der Waals surface area contributed by atoms with Gasteiger partial charge in [-0.15, -0.1) is 0 Å². The quantitative estimate of drug-likeness (QED) is 0.215. The van der Waals surface area contributed by atoms with Crippen LogP contribution in [0, 0.1) is 22.7 Å². The van der Waals surface area contributed by atoms with E-state index in [1.807, 2.05) is 48.5 Å². The first kappa shape index (κ1) is 23.4. The van der Waals surface area contributed by atoms with E-state index in [0.29, 0.717) is 16.8 Å². The Kier molecular flexibility index (Phi) is 4.68. The molecule has 198 valence electrons. The lowest BCUT2D eigenvalue weighted by atomic mass is 10.0. The van der Waals surface area contributed by atoms with E-state index in [0.717, 1.165) is 76.8 Å². The molecule has 5 heteroatoms. The number of benzene rings is 6. The lowest BCUT2D eigenvalue weighted by molar-refractivity contribution is 0.669. The molecule has 0 atom stereocenters. The summed E-state index contributed by atoms with van der Waals surface area (Å²) in [6.45, 7) is 0. The maximum atomic E-state index is 10.1. The van der Waals surface area contributed by atoms with E-state index in [2.05, 4.69) is 77.4 Å². The molecule has 43 heavy (non-hydrogen) atoms. The average molecular weight is 550 g/mol. The maximum absolute atomic E-state index is 10.1. The summed E-state index contributed by atoms with van der Waals surface area (Å²) in [6, 6.07) is 42.9. The summed E-state index contributed by atoms with van der Waals surface area (Å²) in [4.78, 5) is 0. The van der Waals surface area contributed by atoms with Gasteiger partial charge in [0.1, 0.15) is 34.5 Å². The van der Waals surface area contributed by atoms with Crippen LogP contribution in [0.3, 0.4) is 0 Å². The van der Waals surface area contributed by atoms with Gasteiger partial charge >= 0.3 is 0 Å². The Labute approximate surface area is 244 Å².